The maximum atomic E-state index is 12.9. The van der Waals surface area contributed by atoms with Gasteiger partial charge in [0.1, 0.15) is 6.04 Å². The summed E-state index contributed by atoms with van der Waals surface area (Å²) in [5.41, 5.74) is 12.7. The topological polar surface area (TPSA) is 111 Å². The fourth-order valence-electron chi connectivity index (χ4n) is 3.05. The molecular formula is C21H36N4O2. The van der Waals surface area contributed by atoms with Crippen LogP contribution >= 0.6 is 0 Å². The zero-order valence-electron chi connectivity index (χ0n) is 17.2. The lowest BCUT2D eigenvalue weighted by molar-refractivity contribution is -0.129. The van der Waals surface area contributed by atoms with E-state index in [1.54, 1.807) is 24.4 Å². The molecule has 0 aromatic carbocycles. The maximum absolute atomic E-state index is 12.9. The van der Waals surface area contributed by atoms with Gasteiger partial charge in [-0.25, -0.2) is 0 Å². The van der Waals surface area contributed by atoms with Crippen LogP contribution in [0.4, 0.5) is 0 Å². The minimum Gasteiger partial charge on any atom is -0.341 e. The number of carbonyl (C=O) groups excluding carboxylic acids is 2. The van der Waals surface area contributed by atoms with Gasteiger partial charge >= 0.3 is 0 Å². The molecule has 4 atom stereocenters. The van der Waals surface area contributed by atoms with Crippen LogP contribution in [0.15, 0.2) is 24.4 Å². The second kappa shape index (κ2) is 11.8. The SMILES string of the molecule is CC[C@H](C)[C@H](N)C(=O)C(NC(=O)CCCC(N)CC(C)C)c1ccccn1. The van der Waals surface area contributed by atoms with E-state index in [0.717, 1.165) is 19.3 Å². The molecule has 0 saturated carbocycles. The van der Waals surface area contributed by atoms with Gasteiger partial charge in [0.25, 0.3) is 0 Å². The summed E-state index contributed by atoms with van der Waals surface area (Å²) in [4.78, 5) is 29.6. The summed E-state index contributed by atoms with van der Waals surface area (Å²) in [6, 6.07) is 3.97. The van der Waals surface area contributed by atoms with Gasteiger partial charge in [0.05, 0.1) is 11.7 Å². The normalized spacial score (nSPS) is 15.8. The van der Waals surface area contributed by atoms with Crippen LogP contribution in [-0.2, 0) is 9.59 Å². The van der Waals surface area contributed by atoms with Crippen molar-refractivity contribution in [3.05, 3.63) is 30.1 Å². The molecule has 6 nitrogen and oxygen atoms in total. The van der Waals surface area contributed by atoms with Crippen molar-refractivity contribution in [2.45, 2.75) is 77.9 Å². The summed E-state index contributed by atoms with van der Waals surface area (Å²) in [7, 11) is 0. The number of nitrogens with one attached hydrogen (secondary N) is 1. The predicted octanol–water partition coefficient (Wildman–Crippen LogP) is 2.73. The number of carbonyl (C=O) groups is 2. The van der Waals surface area contributed by atoms with Crippen molar-refractivity contribution in [2.75, 3.05) is 0 Å². The molecule has 1 aromatic heterocycles. The lowest BCUT2D eigenvalue weighted by Crippen LogP contribution is -2.45. The average Bonchev–Trinajstić information content (AvgIpc) is 2.64. The molecule has 0 aliphatic rings. The number of nitrogens with two attached hydrogens (primary N) is 2. The number of hydrogen-bond acceptors (Lipinski definition) is 5. The lowest BCUT2D eigenvalue weighted by atomic mass is 9.91. The Kier molecular flexibility index (Phi) is 10.2. The van der Waals surface area contributed by atoms with E-state index < -0.39 is 12.1 Å². The van der Waals surface area contributed by atoms with Crippen molar-refractivity contribution in [3.63, 3.8) is 0 Å². The third kappa shape index (κ3) is 8.18. The van der Waals surface area contributed by atoms with Gasteiger partial charge in [-0.3, -0.25) is 14.6 Å². The molecule has 152 valence electrons. The highest BCUT2D eigenvalue weighted by atomic mass is 16.2. The smallest absolute Gasteiger partial charge is 0.220 e. The van der Waals surface area contributed by atoms with Crippen LogP contribution in [0.25, 0.3) is 0 Å². The van der Waals surface area contributed by atoms with Crippen molar-refractivity contribution in [3.8, 4) is 0 Å². The second-order valence-electron chi connectivity index (χ2n) is 7.85. The molecule has 5 N–H and O–H groups in total. The molecule has 0 saturated heterocycles. The third-order valence-corrected chi connectivity index (χ3v) is 4.91. The third-order valence-electron chi connectivity index (χ3n) is 4.91. The van der Waals surface area contributed by atoms with E-state index in [1.165, 1.54) is 0 Å². The summed E-state index contributed by atoms with van der Waals surface area (Å²) in [5, 5.41) is 2.84. The molecule has 0 fully saturated rings. The highest BCUT2D eigenvalue weighted by Gasteiger charge is 2.30. The first-order valence-electron chi connectivity index (χ1n) is 10.0. The first-order chi connectivity index (χ1) is 12.8. The van der Waals surface area contributed by atoms with Gasteiger partial charge in [0.15, 0.2) is 5.78 Å². The Hall–Kier alpha value is -1.79. The van der Waals surface area contributed by atoms with Crippen LogP contribution in [0.3, 0.4) is 0 Å². The largest absolute Gasteiger partial charge is 0.341 e. The Morgan fingerprint density at radius 1 is 1.19 bits per heavy atom. The molecule has 1 heterocycles. The van der Waals surface area contributed by atoms with Gasteiger partial charge in [0, 0.05) is 18.7 Å². The van der Waals surface area contributed by atoms with Gasteiger partial charge in [-0.1, -0.05) is 40.2 Å². The molecule has 0 bridgehead atoms. The number of aromatic nitrogens is 1. The number of ketones is 1. The van der Waals surface area contributed by atoms with E-state index in [1.807, 2.05) is 13.8 Å². The van der Waals surface area contributed by atoms with Gasteiger partial charge in [-0.05, 0) is 43.2 Å². The summed E-state index contributed by atoms with van der Waals surface area (Å²) in [6.45, 7) is 8.20. The molecule has 1 amide bonds. The second-order valence-corrected chi connectivity index (χ2v) is 7.85. The van der Waals surface area contributed by atoms with E-state index in [4.69, 9.17) is 11.5 Å². The van der Waals surface area contributed by atoms with Crippen molar-refractivity contribution < 1.29 is 9.59 Å². The van der Waals surface area contributed by atoms with Gasteiger partial charge in [-0.2, -0.15) is 0 Å². The van der Waals surface area contributed by atoms with E-state index in [0.29, 0.717) is 24.5 Å². The van der Waals surface area contributed by atoms with Crippen molar-refractivity contribution >= 4 is 11.7 Å². The van der Waals surface area contributed by atoms with Crippen LogP contribution < -0.4 is 16.8 Å². The summed E-state index contributed by atoms with van der Waals surface area (Å²) >= 11 is 0. The Morgan fingerprint density at radius 3 is 2.44 bits per heavy atom. The molecule has 0 aliphatic carbocycles. The van der Waals surface area contributed by atoms with E-state index in [2.05, 4.69) is 24.1 Å². The van der Waals surface area contributed by atoms with Crippen molar-refractivity contribution in [2.24, 2.45) is 23.3 Å². The molecule has 0 radical (unpaired) electrons. The van der Waals surface area contributed by atoms with Crippen LogP contribution in [-0.4, -0.2) is 28.8 Å². The Bertz CT molecular complexity index is 577. The highest BCUT2D eigenvalue weighted by molar-refractivity contribution is 5.93. The van der Waals surface area contributed by atoms with Crippen LogP contribution in [0.1, 0.15) is 71.5 Å². The fraction of sp³-hybridized carbons (Fsp3) is 0.667. The maximum Gasteiger partial charge on any atom is 0.220 e. The van der Waals surface area contributed by atoms with Crippen molar-refractivity contribution in [1.29, 1.82) is 0 Å². The first-order valence-corrected chi connectivity index (χ1v) is 10.0. The molecular weight excluding hydrogens is 340 g/mol. The molecule has 1 rings (SSSR count). The average molecular weight is 377 g/mol. The Labute approximate surface area is 163 Å². The zero-order valence-corrected chi connectivity index (χ0v) is 17.2. The van der Waals surface area contributed by atoms with Gasteiger partial charge in [0.2, 0.25) is 5.91 Å². The number of nitrogens with zero attached hydrogens (tertiary/aromatic N) is 1. The lowest BCUT2D eigenvalue weighted by Gasteiger charge is -2.24. The molecule has 0 aliphatic heterocycles. The molecule has 6 heteroatoms. The van der Waals surface area contributed by atoms with Gasteiger partial charge < -0.3 is 16.8 Å². The monoisotopic (exact) mass is 376 g/mol. The van der Waals surface area contributed by atoms with Crippen LogP contribution in [0.5, 0.6) is 0 Å². The van der Waals surface area contributed by atoms with Crippen LogP contribution in [0.2, 0.25) is 0 Å². The standard InChI is InChI=1S/C21H36N4O2/c1-5-15(4)19(23)21(27)20(17-10-6-7-12-24-17)25-18(26)11-8-9-16(22)13-14(2)3/h6-7,10,12,14-16,19-20H,5,8-9,11,13,22-23H2,1-4H3,(H,25,26)/t15-,16?,19-,20?/m0/s1. The minimum absolute atomic E-state index is 0.0367. The van der Waals surface area contributed by atoms with Crippen molar-refractivity contribution in [1.82, 2.24) is 10.3 Å². The predicted molar refractivity (Wildman–Crippen MR) is 109 cm³/mol. The molecule has 2 unspecified atom stereocenters. The van der Waals surface area contributed by atoms with Crippen LogP contribution in [0, 0.1) is 11.8 Å². The summed E-state index contributed by atoms with van der Waals surface area (Å²) in [5.74, 6) is 0.205. The van der Waals surface area contributed by atoms with Gasteiger partial charge in [-0.15, -0.1) is 0 Å². The minimum atomic E-state index is -0.813. The number of rotatable bonds is 12. The fourth-order valence-corrected chi connectivity index (χ4v) is 3.05. The molecule has 27 heavy (non-hydrogen) atoms. The number of amides is 1. The highest BCUT2D eigenvalue weighted by Crippen LogP contribution is 2.18. The summed E-state index contributed by atoms with van der Waals surface area (Å²) in [6.07, 6.45) is 5.17. The Morgan fingerprint density at radius 2 is 1.89 bits per heavy atom. The van der Waals surface area contributed by atoms with E-state index in [9.17, 15) is 9.59 Å². The van der Waals surface area contributed by atoms with E-state index in [-0.39, 0.29) is 23.7 Å². The summed E-state index contributed by atoms with van der Waals surface area (Å²) < 4.78 is 0. The number of pyridine rings is 1. The first kappa shape index (κ1) is 23.2. The number of hydrogen-bond donors (Lipinski definition) is 3. The quantitative estimate of drug-likeness (QED) is 0.519. The zero-order chi connectivity index (χ0) is 20.4. The molecule has 0 spiro atoms. The Balaban J connectivity index is 2.72. The number of Topliss-reactive ketones (excluding diaryl/α,β-unsaturated/α-hetero) is 1. The van der Waals surface area contributed by atoms with E-state index >= 15 is 0 Å². The molecule has 1 aromatic rings.